The number of unbranched alkanes of at least 4 members (excludes halogenated alkanes) is 3. The van der Waals surface area contributed by atoms with Gasteiger partial charge < -0.3 is 30.1 Å². The molecule has 0 aromatic heterocycles. The van der Waals surface area contributed by atoms with Gasteiger partial charge in [-0.1, -0.05) is 12.8 Å². The molecule has 2 rings (SSSR count). The third kappa shape index (κ3) is 11.7. The monoisotopic (exact) mass is 411 g/mol. The third-order valence-electron chi connectivity index (χ3n) is 4.20. The van der Waals surface area contributed by atoms with Gasteiger partial charge in [-0.05, 0) is 56.5 Å². The summed E-state index contributed by atoms with van der Waals surface area (Å²) in [5, 5.41) is 27.1. The van der Waals surface area contributed by atoms with Crippen molar-refractivity contribution in [2.75, 3.05) is 26.3 Å². The first-order valence-corrected chi connectivity index (χ1v) is 9.65. The highest BCUT2D eigenvalue weighted by Gasteiger charge is 2.14. The number of rotatable bonds is 11. The van der Waals surface area contributed by atoms with Crippen LogP contribution < -0.4 is 10.1 Å². The van der Waals surface area contributed by atoms with Gasteiger partial charge in [0.15, 0.2) is 0 Å². The summed E-state index contributed by atoms with van der Waals surface area (Å²) < 4.78 is 11.2. The largest absolute Gasteiger partial charge is 0.494 e. The second-order valence-electron chi connectivity index (χ2n) is 6.54. The summed E-state index contributed by atoms with van der Waals surface area (Å²) in [6.07, 6.45) is 7.36. The molecule has 0 spiro atoms. The molecule has 0 saturated carbocycles. The van der Waals surface area contributed by atoms with E-state index in [1.54, 1.807) is 24.3 Å². The number of aliphatic carboxylic acids is 2. The number of nitrogens with one attached hydrogen (secondary N) is 1. The van der Waals surface area contributed by atoms with Crippen molar-refractivity contribution >= 4 is 17.9 Å². The van der Waals surface area contributed by atoms with Gasteiger partial charge in [-0.3, -0.25) is 0 Å². The lowest BCUT2D eigenvalue weighted by molar-refractivity contribution is -0.159. The Bertz CT molecular complexity index is 614. The summed E-state index contributed by atoms with van der Waals surface area (Å²) in [6.45, 7) is 3.63. The van der Waals surface area contributed by atoms with Crippen molar-refractivity contribution in [3.63, 3.8) is 0 Å². The number of carboxylic acids is 3. The van der Waals surface area contributed by atoms with Crippen LogP contribution in [0.5, 0.6) is 5.75 Å². The summed E-state index contributed by atoms with van der Waals surface area (Å²) in [5.74, 6) is -3.83. The van der Waals surface area contributed by atoms with Crippen LogP contribution in [-0.2, 0) is 14.3 Å². The van der Waals surface area contributed by atoms with Gasteiger partial charge in [-0.2, -0.15) is 0 Å². The number of hydrogen-bond acceptors (Lipinski definition) is 6. The first-order valence-electron chi connectivity index (χ1n) is 9.65. The summed E-state index contributed by atoms with van der Waals surface area (Å²) in [5.41, 5.74) is 0.285. The molecule has 1 heterocycles. The summed E-state index contributed by atoms with van der Waals surface area (Å²) in [7, 11) is 0. The second kappa shape index (κ2) is 14.4. The number of carboxylic acid groups (broad SMARTS) is 3. The summed E-state index contributed by atoms with van der Waals surface area (Å²) >= 11 is 0. The van der Waals surface area contributed by atoms with Crippen molar-refractivity contribution in [3.8, 4) is 5.75 Å². The maximum Gasteiger partial charge on any atom is 0.414 e. The van der Waals surface area contributed by atoms with Crippen molar-refractivity contribution < 1.29 is 39.2 Å². The Morgan fingerprint density at radius 1 is 1.00 bits per heavy atom. The lowest BCUT2D eigenvalue weighted by Gasteiger charge is -2.10. The lowest BCUT2D eigenvalue weighted by atomic mass is 10.2. The van der Waals surface area contributed by atoms with E-state index in [0.29, 0.717) is 12.7 Å². The zero-order valence-corrected chi connectivity index (χ0v) is 16.3. The Morgan fingerprint density at radius 3 is 2.21 bits per heavy atom. The normalized spacial score (nSPS) is 15.2. The van der Waals surface area contributed by atoms with Crippen molar-refractivity contribution in [2.45, 2.75) is 44.6 Å². The number of carbonyl (C=O) groups is 3. The van der Waals surface area contributed by atoms with Crippen LogP contribution in [0.4, 0.5) is 0 Å². The average Bonchev–Trinajstić information content (AvgIpc) is 3.21. The molecule has 9 nitrogen and oxygen atoms in total. The van der Waals surface area contributed by atoms with Gasteiger partial charge in [0.05, 0.1) is 18.3 Å². The number of benzene rings is 1. The van der Waals surface area contributed by atoms with Crippen molar-refractivity contribution in [3.05, 3.63) is 29.8 Å². The number of aromatic carboxylic acids is 1. The van der Waals surface area contributed by atoms with Crippen LogP contribution in [0.25, 0.3) is 0 Å². The molecule has 1 aromatic carbocycles. The van der Waals surface area contributed by atoms with E-state index in [4.69, 9.17) is 34.4 Å². The minimum Gasteiger partial charge on any atom is -0.494 e. The Kier molecular flexibility index (Phi) is 12.1. The van der Waals surface area contributed by atoms with Gasteiger partial charge in [0.2, 0.25) is 0 Å². The van der Waals surface area contributed by atoms with Crippen molar-refractivity contribution in [1.82, 2.24) is 5.32 Å². The van der Waals surface area contributed by atoms with Crippen molar-refractivity contribution in [1.29, 1.82) is 0 Å². The molecule has 1 atom stereocenters. The molecule has 29 heavy (non-hydrogen) atoms. The van der Waals surface area contributed by atoms with Crippen molar-refractivity contribution in [2.24, 2.45) is 0 Å². The highest BCUT2D eigenvalue weighted by Crippen LogP contribution is 2.13. The number of ether oxygens (including phenoxy) is 2. The van der Waals surface area contributed by atoms with Gasteiger partial charge in [0, 0.05) is 13.2 Å². The Labute approximate surface area is 169 Å². The van der Waals surface area contributed by atoms with E-state index in [2.05, 4.69) is 5.32 Å². The predicted octanol–water partition coefficient (Wildman–Crippen LogP) is 2.25. The molecule has 9 heteroatoms. The molecule has 4 N–H and O–H groups in total. The molecular weight excluding hydrogens is 382 g/mol. The standard InChI is InChI=1S/C18H27NO4.C2H2O4/c20-18(21)15-7-9-16(10-8-15)22-12-4-2-1-3-11-19-14-17-6-5-13-23-17;3-1(4)2(5)6/h7-10,17,19H,1-6,11-14H2,(H,20,21);(H,3,4)(H,5,6). The summed E-state index contributed by atoms with van der Waals surface area (Å²) in [6, 6.07) is 6.55. The molecule has 0 bridgehead atoms. The average molecular weight is 411 g/mol. The minimum atomic E-state index is -1.82. The molecule has 1 aliphatic heterocycles. The SMILES string of the molecule is O=C(O)C(=O)O.O=C(O)c1ccc(OCCCCCCNCC2CCCO2)cc1. The van der Waals surface area contributed by atoms with Gasteiger partial charge in [0.25, 0.3) is 0 Å². The zero-order chi connectivity index (χ0) is 21.5. The van der Waals surface area contributed by atoms with Crippen LogP contribution in [0.1, 0.15) is 48.9 Å². The molecule has 0 radical (unpaired) electrons. The summed E-state index contributed by atoms with van der Waals surface area (Å²) in [4.78, 5) is 28.9. The molecule has 1 aliphatic rings. The van der Waals surface area contributed by atoms with E-state index >= 15 is 0 Å². The molecule has 1 unspecified atom stereocenters. The first kappa shape index (κ1) is 24.4. The van der Waals surface area contributed by atoms with Gasteiger partial charge in [0.1, 0.15) is 5.75 Å². The molecule has 162 valence electrons. The van der Waals surface area contributed by atoms with Gasteiger partial charge >= 0.3 is 17.9 Å². The van der Waals surface area contributed by atoms with Crippen LogP contribution in [0.15, 0.2) is 24.3 Å². The Hall–Kier alpha value is -2.65. The van der Waals surface area contributed by atoms with Crippen LogP contribution in [-0.4, -0.2) is 65.6 Å². The van der Waals surface area contributed by atoms with Crippen LogP contribution in [0.2, 0.25) is 0 Å². The molecule has 0 amide bonds. The van der Waals surface area contributed by atoms with Gasteiger partial charge in [-0.15, -0.1) is 0 Å². The third-order valence-corrected chi connectivity index (χ3v) is 4.20. The first-order chi connectivity index (χ1) is 13.9. The fourth-order valence-corrected chi connectivity index (χ4v) is 2.66. The second-order valence-corrected chi connectivity index (χ2v) is 6.54. The lowest BCUT2D eigenvalue weighted by Crippen LogP contribution is -2.26. The fraction of sp³-hybridized carbons (Fsp3) is 0.550. The van der Waals surface area contributed by atoms with Crippen LogP contribution in [0.3, 0.4) is 0 Å². The molecule has 1 fully saturated rings. The van der Waals surface area contributed by atoms with Crippen LogP contribution >= 0.6 is 0 Å². The molecular formula is C20H29NO8. The minimum absolute atomic E-state index is 0.285. The fourth-order valence-electron chi connectivity index (χ4n) is 2.66. The molecule has 1 aromatic rings. The maximum absolute atomic E-state index is 10.7. The van der Waals surface area contributed by atoms with E-state index in [0.717, 1.165) is 38.3 Å². The zero-order valence-electron chi connectivity index (χ0n) is 16.3. The van der Waals surface area contributed by atoms with Gasteiger partial charge in [-0.25, -0.2) is 14.4 Å². The quantitative estimate of drug-likeness (QED) is 0.318. The highest BCUT2D eigenvalue weighted by atomic mass is 16.5. The maximum atomic E-state index is 10.7. The van der Waals surface area contributed by atoms with E-state index in [1.807, 2.05) is 0 Å². The smallest absolute Gasteiger partial charge is 0.414 e. The van der Waals surface area contributed by atoms with E-state index in [9.17, 15) is 4.79 Å². The van der Waals surface area contributed by atoms with E-state index in [1.165, 1.54) is 25.7 Å². The Morgan fingerprint density at radius 2 is 1.66 bits per heavy atom. The molecule has 1 saturated heterocycles. The predicted molar refractivity (Wildman–Crippen MR) is 104 cm³/mol. The highest BCUT2D eigenvalue weighted by molar-refractivity contribution is 6.27. The topological polar surface area (TPSA) is 142 Å². The number of hydrogen-bond donors (Lipinski definition) is 4. The Balaban J connectivity index is 0.000000612. The van der Waals surface area contributed by atoms with Crippen LogP contribution in [0, 0.1) is 0 Å². The molecule has 0 aliphatic carbocycles. The van der Waals surface area contributed by atoms with E-state index in [-0.39, 0.29) is 5.56 Å². The van der Waals surface area contributed by atoms with E-state index < -0.39 is 17.9 Å².